The Balaban J connectivity index is 2.18. The highest BCUT2D eigenvalue weighted by Gasteiger charge is 2.47. The van der Waals surface area contributed by atoms with E-state index in [1.165, 1.54) is 29.4 Å². The van der Waals surface area contributed by atoms with Crippen molar-refractivity contribution in [2.75, 3.05) is 0 Å². The smallest absolute Gasteiger partial charge is 0.258 e. The van der Waals surface area contributed by atoms with Gasteiger partial charge in [-0.15, -0.1) is 0 Å². The molecule has 0 saturated heterocycles. The Morgan fingerprint density at radius 1 is 0.920 bits per heavy atom. The lowest BCUT2D eigenvalue weighted by Gasteiger charge is -2.42. The number of rotatable bonds is 5. The minimum atomic E-state index is -1.96. The number of fused-ring (bicyclic) bond motifs is 3. The quantitative estimate of drug-likeness (QED) is 0.528. The van der Waals surface area contributed by atoms with E-state index in [1.54, 1.807) is 0 Å². The first kappa shape index (κ1) is 18.6. The molecule has 1 aliphatic carbocycles. The van der Waals surface area contributed by atoms with Gasteiger partial charge >= 0.3 is 0 Å². The predicted molar refractivity (Wildman–Crippen MR) is 109 cm³/mol. The zero-order chi connectivity index (χ0) is 18.4. The molecule has 0 bridgehead atoms. The highest BCUT2D eigenvalue weighted by molar-refractivity contribution is 6.78. The number of aryl methyl sites for hydroxylation is 3. The number of hydrogen-bond donors (Lipinski definition) is 0. The summed E-state index contributed by atoms with van der Waals surface area (Å²) in [6.07, 6.45) is 4.84. The Kier molecular flexibility index (Phi) is 5.07. The molecule has 1 aliphatic rings. The third-order valence-corrected chi connectivity index (χ3v) is 12.2. The van der Waals surface area contributed by atoms with Crippen molar-refractivity contribution in [1.82, 2.24) is 0 Å². The Bertz CT molecular complexity index is 733. The van der Waals surface area contributed by atoms with E-state index in [2.05, 4.69) is 60.6 Å². The molecular formula is C22H34O2Si. The van der Waals surface area contributed by atoms with E-state index in [-0.39, 0.29) is 0 Å². The zero-order valence-electron chi connectivity index (χ0n) is 17.0. The Hall–Kier alpha value is -1.22. The first-order chi connectivity index (χ1) is 11.8. The molecule has 3 heteroatoms. The molecule has 1 aromatic heterocycles. The van der Waals surface area contributed by atoms with E-state index in [9.17, 15) is 0 Å². The van der Waals surface area contributed by atoms with Crippen LogP contribution in [0.3, 0.4) is 0 Å². The maximum atomic E-state index is 7.06. The van der Waals surface area contributed by atoms with Crippen molar-refractivity contribution in [1.29, 1.82) is 0 Å². The van der Waals surface area contributed by atoms with Gasteiger partial charge in [0.15, 0.2) is 0 Å². The molecular weight excluding hydrogens is 324 g/mol. The third-order valence-electron chi connectivity index (χ3n) is 6.20. The molecule has 0 unspecified atom stereocenters. The fourth-order valence-corrected chi connectivity index (χ4v) is 10.4. The highest BCUT2D eigenvalue weighted by atomic mass is 28.4. The van der Waals surface area contributed by atoms with Crippen molar-refractivity contribution in [2.45, 2.75) is 90.8 Å². The van der Waals surface area contributed by atoms with E-state index in [4.69, 9.17) is 8.84 Å². The molecule has 1 heterocycles. The first-order valence-corrected chi connectivity index (χ1v) is 12.1. The van der Waals surface area contributed by atoms with Gasteiger partial charge in [-0.3, -0.25) is 0 Å². The van der Waals surface area contributed by atoms with Crippen LogP contribution in [0, 0.1) is 6.92 Å². The summed E-state index contributed by atoms with van der Waals surface area (Å²) < 4.78 is 13.2. The molecule has 0 saturated carbocycles. The van der Waals surface area contributed by atoms with Crippen LogP contribution in [-0.4, -0.2) is 8.32 Å². The Labute approximate surface area is 154 Å². The van der Waals surface area contributed by atoms with Gasteiger partial charge in [-0.1, -0.05) is 41.5 Å². The van der Waals surface area contributed by atoms with Gasteiger partial charge in [0, 0.05) is 0 Å². The van der Waals surface area contributed by atoms with Gasteiger partial charge in [0.1, 0.15) is 17.1 Å². The number of benzene rings is 1. The molecule has 2 nitrogen and oxygen atoms in total. The fraction of sp³-hybridized carbons (Fsp3) is 0.636. The van der Waals surface area contributed by atoms with Crippen molar-refractivity contribution in [3.05, 3.63) is 29.0 Å². The SMILES string of the molecule is Cc1cc2c(O[Si](C(C)C)(C(C)C)C(C)C)cc3c(c2o1)CCCC3. The van der Waals surface area contributed by atoms with Gasteiger partial charge < -0.3 is 8.84 Å². The van der Waals surface area contributed by atoms with Gasteiger partial charge in [-0.05, 0) is 72.5 Å². The van der Waals surface area contributed by atoms with Gasteiger partial charge in [0.05, 0.1) is 5.39 Å². The lowest BCUT2D eigenvalue weighted by Crippen LogP contribution is -2.50. The summed E-state index contributed by atoms with van der Waals surface area (Å²) in [6, 6.07) is 4.53. The van der Waals surface area contributed by atoms with Gasteiger partial charge in [0.25, 0.3) is 8.32 Å². The van der Waals surface area contributed by atoms with Gasteiger partial charge in [0.2, 0.25) is 0 Å². The molecule has 0 amide bonds. The van der Waals surface area contributed by atoms with E-state index >= 15 is 0 Å². The Morgan fingerprint density at radius 2 is 1.52 bits per heavy atom. The molecule has 0 aliphatic heterocycles. The van der Waals surface area contributed by atoms with Crippen LogP contribution in [0.5, 0.6) is 5.75 Å². The maximum Gasteiger partial charge on any atom is 0.258 e. The molecule has 0 radical (unpaired) electrons. The average molecular weight is 359 g/mol. The summed E-state index contributed by atoms with van der Waals surface area (Å²) in [7, 11) is -1.96. The second-order valence-electron chi connectivity index (χ2n) is 8.74. The molecule has 25 heavy (non-hydrogen) atoms. The van der Waals surface area contributed by atoms with E-state index in [1.807, 2.05) is 0 Å². The van der Waals surface area contributed by atoms with E-state index in [0.717, 1.165) is 29.9 Å². The standard InChI is InChI=1S/C22H34O2Si/c1-14(2)25(15(3)4,16(5)6)24-21-13-18-10-8-9-11-19(18)22-20(21)12-17(7)23-22/h12-16H,8-11H2,1-7H3. The van der Waals surface area contributed by atoms with Crippen LogP contribution in [0.4, 0.5) is 0 Å². The van der Waals surface area contributed by atoms with Crippen LogP contribution >= 0.6 is 0 Å². The fourth-order valence-electron chi connectivity index (χ4n) is 5.13. The lowest BCUT2D eigenvalue weighted by molar-refractivity contribution is 0.482. The monoisotopic (exact) mass is 358 g/mol. The molecule has 3 rings (SSSR count). The minimum Gasteiger partial charge on any atom is -0.542 e. The molecule has 138 valence electrons. The van der Waals surface area contributed by atoms with Crippen LogP contribution in [0.25, 0.3) is 11.0 Å². The van der Waals surface area contributed by atoms with Crippen molar-refractivity contribution >= 4 is 19.3 Å². The van der Waals surface area contributed by atoms with Gasteiger partial charge in [-0.2, -0.15) is 0 Å². The largest absolute Gasteiger partial charge is 0.542 e. The van der Waals surface area contributed by atoms with Crippen LogP contribution in [0.2, 0.25) is 16.6 Å². The van der Waals surface area contributed by atoms with Crippen LogP contribution in [0.1, 0.15) is 71.3 Å². The van der Waals surface area contributed by atoms with Gasteiger partial charge in [-0.25, -0.2) is 0 Å². The maximum absolute atomic E-state index is 7.06. The lowest BCUT2D eigenvalue weighted by atomic mass is 9.90. The topological polar surface area (TPSA) is 22.4 Å². The van der Waals surface area contributed by atoms with Crippen LogP contribution in [-0.2, 0) is 12.8 Å². The summed E-state index contributed by atoms with van der Waals surface area (Å²) in [5.41, 5.74) is 5.68. The van der Waals surface area contributed by atoms with Crippen molar-refractivity contribution < 1.29 is 8.84 Å². The predicted octanol–water partition coefficient (Wildman–Crippen LogP) is 7.17. The third kappa shape index (κ3) is 3.05. The van der Waals surface area contributed by atoms with Crippen LogP contribution in [0.15, 0.2) is 16.5 Å². The average Bonchev–Trinajstić information content (AvgIpc) is 2.93. The molecule has 0 spiro atoms. The normalized spacial score (nSPS) is 15.4. The molecule has 0 fully saturated rings. The van der Waals surface area contributed by atoms with E-state index in [0.29, 0.717) is 16.6 Å². The molecule has 1 aromatic carbocycles. The number of hydrogen-bond acceptors (Lipinski definition) is 2. The van der Waals surface area contributed by atoms with Crippen LogP contribution < -0.4 is 4.43 Å². The molecule has 0 atom stereocenters. The molecule has 2 aromatic rings. The summed E-state index contributed by atoms with van der Waals surface area (Å²) in [5.74, 6) is 2.07. The van der Waals surface area contributed by atoms with Crippen molar-refractivity contribution in [3.63, 3.8) is 0 Å². The summed E-state index contributed by atoms with van der Waals surface area (Å²) in [5, 5.41) is 1.19. The highest BCUT2D eigenvalue weighted by Crippen LogP contribution is 2.46. The minimum absolute atomic E-state index is 0.576. The second-order valence-corrected chi connectivity index (χ2v) is 14.1. The summed E-state index contributed by atoms with van der Waals surface area (Å²) in [4.78, 5) is 0. The first-order valence-electron chi connectivity index (χ1n) is 10.0. The second kappa shape index (κ2) is 6.83. The molecule has 0 N–H and O–H groups in total. The Morgan fingerprint density at radius 3 is 2.12 bits per heavy atom. The summed E-state index contributed by atoms with van der Waals surface area (Å²) in [6.45, 7) is 16.2. The van der Waals surface area contributed by atoms with E-state index < -0.39 is 8.32 Å². The van der Waals surface area contributed by atoms with Crippen molar-refractivity contribution in [2.24, 2.45) is 0 Å². The summed E-state index contributed by atoms with van der Waals surface area (Å²) >= 11 is 0. The van der Waals surface area contributed by atoms with Crippen molar-refractivity contribution in [3.8, 4) is 5.75 Å². The number of furan rings is 1. The zero-order valence-corrected chi connectivity index (χ0v) is 18.0.